The van der Waals surface area contributed by atoms with E-state index in [2.05, 4.69) is 38.2 Å². The van der Waals surface area contributed by atoms with Gasteiger partial charge in [0.05, 0.1) is 0 Å². The zero-order chi connectivity index (χ0) is 10.3. The Morgan fingerprint density at radius 1 is 1.23 bits per heavy atom. The molecule has 0 aromatic carbocycles. The first-order valence-electron chi connectivity index (χ1n) is 4.96. The standard InChI is InChI=1S/C10H24N2O/c1-9(6-7-13-5)11-10(2)8-12(3)4/h9-11H,6-8H2,1-5H3. The fraction of sp³-hybridized carbons (Fsp3) is 1.00. The van der Waals surface area contributed by atoms with E-state index in [9.17, 15) is 0 Å². The van der Waals surface area contributed by atoms with E-state index in [-0.39, 0.29) is 0 Å². The summed E-state index contributed by atoms with van der Waals surface area (Å²) in [7, 11) is 5.94. The molecule has 0 aliphatic carbocycles. The molecule has 13 heavy (non-hydrogen) atoms. The lowest BCUT2D eigenvalue weighted by Gasteiger charge is -2.22. The van der Waals surface area contributed by atoms with Crippen molar-refractivity contribution in [3.8, 4) is 0 Å². The van der Waals surface area contributed by atoms with Gasteiger partial charge in [0, 0.05) is 32.3 Å². The van der Waals surface area contributed by atoms with Crippen LogP contribution in [0.2, 0.25) is 0 Å². The Bertz CT molecular complexity index is 117. The van der Waals surface area contributed by atoms with E-state index < -0.39 is 0 Å². The third kappa shape index (κ3) is 8.22. The van der Waals surface area contributed by atoms with Gasteiger partial charge in [0.25, 0.3) is 0 Å². The molecule has 0 amide bonds. The van der Waals surface area contributed by atoms with E-state index in [0.29, 0.717) is 12.1 Å². The molecule has 0 fully saturated rings. The summed E-state index contributed by atoms with van der Waals surface area (Å²) in [5, 5.41) is 3.52. The van der Waals surface area contributed by atoms with Crippen molar-refractivity contribution in [1.29, 1.82) is 0 Å². The number of nitrogens with zero attached hydrogens (tertiary/aromatic N) is 1. The Morgan fingerprint density at radius 3 is 2.31 bits per heavy atom. The third-order valence-corrected chi connectivity index (χ3v) is 1.96. The lowest BCUT2D eigenvalue weighted by atomic mass is 10.2. The van der Waals surface area contributed by atoms with Crippen LogP contribution in [-0.4, -0.2) is 51.3 Å². The minimum absolute atomic E-state index is 0.537. The Kier molecular flexibility index (Phi) is 7.23. The number of nitrogens with one attached hydrogen (secondary N) is 1. The van der Waals surface area contributed by atoms with E-state index in [4.69, 9.17) is 4.74 Å². The van der Waals surface area contributed by atoms with Gasteiger partial charge in [0.2, 0.25) is 0 Å². The predicted molar refractivity (Wildman–Crippen MR) is 57.1 cm³/mol. The fourth-order valence-corrected chi connectivity index (χ4v) is 1.46. The second-order valence-corrected chi connectivity index (χ2v) is 4.01. The van der Waals surface area contributed by atoms with E-state index in [0.717, 1.165) is 19.6 Å². The van der Waals surface area contributed by atoms with Gasteiger partial charge in [-0.05, 0) is 34.4 Å². The average molecular weight is 188 g/mol. The van der Waals surface area contributed by atoms with Crippen molar-refractivity contribution in [2.75, 3.05) is 34.4 Å². The molecule has 0 aromatic heterocycles. The molecule has 0 saturated carbocycles. The van der Waals surface area contributed by atoms with Crippen LogP contribution in [0.25, 0.3) is 0 Å². The molecule has 2 atom stereocenters. The summed E-state index contributed by atoms with van der Waals surface area (Å²) in [6, 6.07) is 1.08. The summed E-state index contributed by atoms with van der Waals surface area (Å²) in [5.74, 6) is 0. The average Bonchev–Trinajstić information content (AvgIpc) is 1.98. The summed E-state index contributed by atoms with van der Waals surface area (Å²) in [6.45, 7) is 6.33. The third-order valence-electron chi connectivity index (χ3n) is 1.96. The van der Waals surface area contributed by atoms with Crippen LogP contribution in [0.5, 0.6) is 0 Å². The summed E-state index contributed by atoms with van der Waals surface area (Å²) in [5.41, 5.74) is 0. The molecule has 0 aliphatic rings. The van der Waals surface area contributed by atoms with Crippen LogP contribution < -0.4 is 5.32 Å². The second kappa shape index (κ2) is 7.30. The van der Waals surface area contributed by atoms with Crippen molar-refractivity contribution in [3.63, 3.8) is 0 Å². The zero-order valence-electron chi connectivity index (χ0n) is 9.63. The minimum Gasteiger partial charge on any atom is -0.385 e. The van der Waals surface area contributed by atoms with Crippen molar-refractivity contribution < 1.29 is 4.74 Å². The van der Waals surface area contributed by atoms with Crippen LogP contribution >= 0.6 is 0 Å². The maximum atomic E-state index is 5.02. The molecule has 0 aliphatic heterocycles. The lowest BCUT2D eigenvalue weighted by molar-refractivity contribution is 0.181. The van der Waals surface area contributed by atoms with E-state index in [1.807, 2.05) is 0 Å². The lowest BCUT2D eigenvalue weighted by Crippen LogP contribution is -2.41. The molecule has 0 aromatic rings. The van der Waals surface area contributed by atoms with Crippen LogP contribution in [0, 0.1) is 0 Å². The molecule has 3 nitrogen and oxygen atoms in total. The topological polar surface area (TPSA) is 24.5 Å². The highest BCUT2D eigenvalue weighted by Crippen LogP contribution is 1.94. The van der Waals surface area contributed by atoms with Gasteiger partial charge in [0.1, 0.15) is 0 Å². The summed E-state index contributed by atoms with van der Waals surface area (Å²) in [4.78, 5) is 2.20. The minimum atomic E-state index is 0.537. The molecule has 0 bridgehead atoms. The van der Waals surface area contributed by atoms with Crippen LogP contribution in [-0.2, 0) is 4.74 Å². The van der Waals surface area contributed by atoms with Crippen LogP contribution in [0.3, 0.4) is 0 Å². The molecule has 0 radical (unpaired) electrons. The summed E-state index contributed by atoms with van der Waals surface area (Å²) in [6.07, 6.45) is 1.08. The Hall–Kier alpha value is -0.120. The van der Waals surface area contributed by atoms with Gasteiger partial charge in [-0.2, -0.15) is 0 Å². The molecular formula is C10H24N2O. The first-order chi connectivity index (χ1) is 6.06. The highest BCUT2D eigenvalue weighted by molar-refractivity contribution is 4.68. The first kappa shape index (κ1) is 12.9. The van der Waals surface area contributed by atoms with Gasteiger partial charge < -0.3 is 15.0 Å². The second-order valence-electron chi connectivity index (χ2n) is 4.01. The van der Waals surface area contributed by atoms with Crippen molar-refractivity contribution in [3.05, 3.63) is 0 Å². The number of rotatable bonds is 7. The van der Waals surface area contributed by atoms with E-state index >= 15 is 0 Å². The van der Waals surface area contributed by atoms with Crippen molar-refractivity contribution in [2.45, 2.75) is 32.4 Å². The molecular weight excluding hydrogens is 164 g/mol. The summed E-state index contributed by atoms with van der Waals surface area (Å²) >= 11 is 0. The molecule has 0 heterocycles. The van der Waals surface area contributed by atoms with Crippen LogP contribution in [0.1, 0.15) is 20.3 Å². The number of methoxy groups -OCH3 is 1. The highest BCUT2D eigenvalue weighted by Gasteiger charge is 2.07. The van der Waals surface area contributed by atoms with Crippen LogP contribution in [0.15, 0.2) is 0 Å². The molecule has 80 valence electrons. The number of hydrogen-bond donors (Lipinski definition) is 1. The van der Waals surface area contributed by atoms with Crippen molar-refractivity contribution in [2.24, 2.45) is 0 Å². The maximum absolute atomic E-state index is 5.02. The largest absolute Gasteiger partial charge is 0.385 e. The van der Waals surface area contributed by atoms with E-state index in [1.54, 1.807) is 7.11 Å². The number of ether oxygens (including phenoxy) is 1. The summed E-state index contributed by atoms with van der Waals surface area (Å²) < 4.78 is 5.02. The molecule has 2 unspecified atom stereocenters. The monoisotopic (exact) mass is 188 g/mol. The smallest absolute Gasteiger partial charge is 0.0476 e. The van der Waals surface area contributed by atoms with E-state index in [1.165, 1.54) is 0 Å². The molecule has 1 N–H and O–H groups in total. The molecule has 0 rings (SSSR count). The van der Waals surface area contributed by atoms with Gasteiger partial charge in [-0.25, -0.2) is 0 Å². The zero-order valence-corrected chi connectivity index (χ0v) is 9.63. The van der Waals surface area contributed by atoms with Gasteiger partial charge >= 0.3 is 0 Å². The number of likely N-dealkylation sites (N-methyl/N-ethyl adjacent to an activating group) is 1. The Morgan fingerprint density at radius 2 is 1.85 bits per heavy atom. The van der Waals surface area contributed by atoms with Crippen LogP contribution in [0.4, 0.5) is 0 Å². The normalized spacial score (nSPS) is 16.2. The first-order valence-corrected chi connectivity index (χ1v) is 4.96. The maximum Gasteiger partial charge on any atom is 0.0476 e. The van der Waals surface area contributed by atoms with Crippen molar-refractivity contribution in [1.82, 2.24) is 10.2 Å². The van der Waals surface area contributed by atoms with Gasteiger partial charge in [0.15, 0.2) is 0 Å². The SMILES string of the molecule is COCCC(C)NC(C)CN(C)C. The number of hydrogen-bond acceptors (Lipinski definition) is 3. The Labute approximate surface area is 82.4 Å². The fourth-order valence-electron chi connectivity index (χ4n) is 1.46. The Balaban J connectivity index is 3.46. The molecule has 0 spiro atoms. The van der Waals surface area contributed by atoms with Gasteiger partial charge in [-0.1, -0.05) is 0 Å². The van der Waals surface area contributed by atoms with Gasteiger partial charge in [-0.3, -0.25) is 0 Å². The predicted octanol–water partition coefficient (Wildman–Crippen LogP) is 0.951. The van der Waals surface area contributed by atoms with Gasteiger partial charge in [-0.15, -0.1) is 0 Å². The molecule has 0 saturated heterocycles. The molecule has 3 heteroatoms. The van der Waals surface area contributed by atoms with Crippen molar-refractivity contribution >= 4 is 0 Å². The quantitative estimate of drug-likeness (QED) is 0.644. The highest BCUT2D eigenvalue weighted by atomic mass is 16.5.